The average molecular weight is 337 g/mol. The molecule has 0 unspecified atom stereocenters. The van der Waals surface area contributed by atoms with Crippen molar-refractivity contribution in [2.45, 2.75) is 13.5 Å². The van der Waals surface area contributed by atoms with Crippen molar-refractivity contribution in [2.24, 2.45) is 0 Å². The lowest BCUT2D eigenvalue weighted by molar-refractivity contribution is 0.0955. The van der Waals surface area contributed by atoms with Crippen LogP contribution in [0.3, 0.4) is 0 Å². The number of amides is 1. The Balaban J connectivity index is 1.74. The number of aryl methyl sites for hydroxylation is 1. The van der Waals surface area contributed by atoms with Crippen LogP contribution in [0.5, 0.6) is 0 Å². The lowest BCUT2D eigenvalue weighted by Crippen LogP contribution is -2.28. The molecule has 0 aliphatic heterocycles. The largest absolute Gasteiger partial charge is 0.383 e. The van der Waals surface area contributed by atoms with Gasteiger partial charge in [-0.25, -0.2) is 0 Å². The fourth-order valence-electron chi connectivity index (χ4n) is 1.74. The van der Waals surface area contributed by atoms with Crippen molar-refractivity contribution in [1.82, 2.24) is 15.1 Å². The van der Waals surface area contributed by atoms with E-state index in [2.05, 4.69) is 31.7 Å². The third-order valence-electron chi connectivity index (χ3n) is 2.78. The van der Waals surface area contributed by atoms with E-state index in [4.69, 9.17) is 0 Å². The summed E-state index contributed by atoms with van der Waals surface area (Å²) in [6.07, 6.45) is 3.33. The van der Waals surface area contributed by atoms with Crippen LogP contribution < -0.4 is 10.6 Å². The Morgan fingerprint density at radius 2 is 2.25 bits per heavy atom. The fourth-order valence-corrected chi connectivity index (χ4v) is 2.14. The number of rotatable bonds is 6. The van der Waals surface area contributed by atoms with Gasteiger partial charge in [0.05, 0.1) is 11.8 Å². The molecule has 0 aliphatic rings. The minimum Gasteiger partial charge on any atom is -0.383 e. The number of hydrogen-bond donors (Lipinski definition) is 2. The lowest BCUT2D eigenvalue weighted by atomic mass is 10.3. The highest BCUT2D eigenvalue weighted by atomic mass is 79.9. The van der Waals surface area contributed by atoms with Gasteiger partial charge in [0.1, 0.15) is 0 Å². The predicted molar refractivity (Wildman–Crippen MR) is 82.9 cm³/mol. The van der Waals surface area contributed by atoms with E-state index >= 15 is 0 Å². The van der Waals surface area contributed by atoms with Crippen molar-refractivity contribution < 1.29 is 4.79 Å². The van der Waals surface area contributed by atoms with Crippen LogP contribution in [0.25, 0.3) is 0 Å². The molecule has 20 heavy (non-hydrogen) atoms. The number of carbonyl (C=O) groups excluding carboxylic acids is 1. The first-order valence-corrected chi connectivity index (χ1v) is 7.28. The van der Waals surface area contributed by atoms with Crippen LogP contribution in [0.15, 0.2) is 41.1 Å². The molecule has 1 amide bonds. The maximum absolute atomic E-state index is 11.8. The number of hydrogen-bond acceptors (Lipinski definition) is 3. The van der Waals surface area contributed by atoms with Crippen molar-refractivity contribution in [3.8, 4) is 0 Å². The normalized spacial score (nSPS) is 10.3. The van der Waals surface area contributed by atoms with Crippen molar-refractivity contribution in [3.63, 3.8) is 0 Å². The van der Waals surface area contributed by atoms with Crippen LogP contribution in [-0.2, 0) is 6.54 Å². The first-order valence-electron chi connectivity index (χ1n) is 6.49. The van der Waals surface area contributed by atoms with Crippen LogP contribution in [0.2, 0.25) is 0 Å². The zero-order valence-electron chi connectivity index (χ0n) is 11.3. The molecule has 106 valence electrons. The Kier molecular flexibility index (Phi) is 5.17. The summed E-state index contributed by atoms with van der Waals surface area (Å²) in [7, 11) is 0. The summed E-state index contributed by atoms with van der Waals surface area (Å²) in [5.74, 6) is -0.0965. The number of carbonyl (C=O) groups is 1. The van der Waals surface area contributed by atoms with E-state index in [1.807, 2.05) is 31.2 Å². The van der Waals surface area contributed by atoms with Gasteiger partial charge in [0.2, 0.25) is 0 Å². The molecule has 2 rings (SSSR count). The maximum Gasteiger partial charge on any atom is 0.254 e. The number of benzene rings is 1. The third kappa shape index (κ3) is 4.09. The number of anilines is 1. The first kappa shape index (κ1) is 14.6. The fraction of sp³-hybridized carbons (Fsp3) is 0.286. The van der Waals surface area contributed by atoms with Crippen LogP contribution in [0, 0.1) is 0 Å². The summed E-state index contributed by atoms with van der Waals surface area (Å²) >= 11 is 3.42. The molecule has 0 spiro atoms. The zero-order chi connectivity index (χ0) is 14.4. The zero-order valence-corrected chi connectivity index (χ0v) is 12.9. The summed E-state index contributed by atoms with van der Waals surface area (Å²) in [5, 5.41) is 10.2. The molecule has 0 radical (unpaired) electrons. The van der Waals surface area contributed by atoms with Crippen LogP contribution in [0.4, 0.5) is 5.69 Å². The molecule has 0 atom stereocenters. The molecule has 0 saturated carbocycles. The Bertz CT molecular complexity index is 582. The van der Waals surface area contributed by atoms with Crippen LogP contribution in [0.1, 0.15) is 17.3 Å². The molecule has 6 heteroatoms. The van der Waals surface area contributed by atoms with Crippen molar-refractivity contribution >= 4 is 27.5 Å². The molecule has 1 aromatic heterocycles. The Hall–Kier alpha value is -1.82. The van der Waals surface area contributed by atoms with E-state index < -0.39 is 0 Å². The van der Waals surface area contributed by atoms with Gasteiger partial charge in [-0.05, 0) is 25.1 Å². The van der Waals surface area contributed by atoms with Crippen LogP contribution >= 0.6 is 15.9 Å². The summed E-state index contributed by atoms with van der Waals surface area (Å²) in [4.78, 5) is 11.8. The molecule has 5 nitrogen and oxygen atoms in total. The van der Waals surface area contributed by atoms with E-state index in [9.17, 15) is 4.79 Å². The second-order valence-corrected chi connectivity index (χ2v) is 5.19. The lowest BCUT2D eigenvalue weighted by Gasteiger charge is -2.07. The average Bonchev–Trinajstić information content (AvgIpc) is 2.92. The summed E-state index contributed by atoms with van der Waals surface area (Å²) in [6.45, 7) is 3.97. The highest BCUT2D eigenvalue weighted by molar-refractivity contribution is 9.10. The molecule has 2 N–H and O–H groups in total. The predicted octanol–water partition coefficient (Wildman–Crippen LogP) is 2.51. The van der Waals surface area contributed by atoms with Crippen molar-refractivity contribution in [2.75, 3.05) is 18.4 Å². The van der Waals surface area contributed by atoms with E-state index in [-0.39, 0.29) is 5.91 Å². The minimum absolute atomic E-state index is 0.0965. The topological polar surface area (TPSA) is 59.0 Å². The highest BCUT2D eigenvalue weighted by Crippen LogP contribution is 2.14. The van der Waals surface area contributed by atoms with Gasteiger partial charge < -0.3 is 10.6 Å². The first-order chi connectivity index (χ1) is 9.69. The molecular weight excluding hydrogens is 320 g/mol. The Morgan fingerprint density at radius 1 is 1.40 bits per heavy atom. The van der Waals surface area contributed by atoms with E-state index in [0.717, 1.165) is 16.7 Å². The van der Waals surface area contributed by atoms with Crippen molar-refractivity contribution in [1.29, 1.82) is 0 Å². The number of aromatic nitrogens is 2. The molecule has 0 aliphatic carbocycles. The third-order valence-corrected chi connectivity index (χ3v) is 3.28. The van der Waals surface area contributed by atoms with E-state index in [1.54, 1.807) is 17.1 Å². The van der Waals surface area contributed by atoms with Gasteiger partial charge in [-0.15, -0.1) is 0 Å². The molecule has 0 bridgehead atoms. The van der Waals surface area contributed by atoms with Crippen molar-refractivity contribution in [3.05, 3.63) is 46.7 Å². The van der Waals surface area contributed by atoms with Gasteiger partial charge in [-0.3, -0.25) is 9.48 Å². The summed E-state index contributed by atoms with van der Waals surface area (Å²) in [6, 6.07) is 7.91. The standard InChI is InChI=1S/C14H17BrN4O/c1-2-19-10-11(9-18-19)14(20)17-7-6-16-13-5-3-4-12(15)8-13/h3-5,8-10,16H,2,6-7H2,1H3,(H,17,20). The number of nitrogens with one attached hydrogen (secondary N) is 2. The SMILES string of the molecule is CCn1cc(C(=O)NCCNc2cccc(Br)c2)cn1. The van der Waals surface area contributed by atoms with Gasteiger partial charge in [0.25, 0.3) is 5.91 Å². The molecule has 0 saturated heterocycles. The molecule has 1 aromatic carbocycles. The minimum atomic E-state index is -0.0965. The summed E-state index contributed by atoms with van der Waals surface area (Å²) < 4.78 is 2.76. The summed E-state index contributed by atoms with van der Waals surface area (Å²) in [5.41, 5.74) is 1.61. The van der Waals surface area contributed by atoms with Gasteiger partial charge in [-0.2, -0.15) is 5.10 Å². The molecule has 1 heterocycles. The van der Waals surface area contributed by atoms with E-state index in [1.165, 1.54) is 0 Å². The van der Waals surface area contributed by atoms with Crippen LogP contribution in [-0.4, -0.2) is 28.8 Å². The number of nitrogens with zero attached hydrogens (tertiary/aromatic N) is 2. The van der Waals surface area contributed by atoms with Gasteiger partial charge in [0.15, 0.2) is 0 Å². The molecular formula is C14H17BrN4O. The maximum atomic E-state index is 11.8. The second-order valence-electron chi connectivity index (χ2n) is 4.28. The number of halogens is 1. The van der Waals surface area contributed by atoms with E-state index in [0.29, 0.717) is 18.7 Å². The van der Waals surface area contributed by atoms with Gasteiger partial charge >= 0.3 is 0 Å². The molecule has 0 fully saturated rings. The monoisotopic (exact) mass is 336 g/mol. The molecule has 2 aromatic rings. The highest BCUT2D eigenvalue weighted by Gasteiger charge is 2.06. The van der Waals surface area contributed by atoms with Gasteiger partial charge in [0, 0.05) is 36.0 Å². The smallest absolute Gasteiger partial charge is 0.254 e. The Labute approximate surface area is 126 Å². The Morgan fingerprint density at radius 3 is 2.95 bits per heavy atom. The quantitative estimate of drug-likeness (QED) is 0.797. The second kappa shape index (κ2) is 7.09. The van der Waals surface area contributed by atoms with Gasteiger partial charge in [-0.1, -0.05) is 22.0 Å².